The van der Waals surface area contributed by atoms with Gasteiger partial charge in [0.05, 0.1) is 18.7 Å². The van der Waals surface area contributed by atoms with E-state index in [-0.39, 0.29) is 11.9 Å². The van der Waals surface area contributed by atoms with Crippen LogP contribution in [-0.4, -0.2) is 29.4 Å². The fraction of sp³-hybridized carbons (Fsp3) is 0.800. The lowest BCUT2D eigenvalue weighted by Gasteiger charge is -2.30. The molecule has 1 rings (SSSR count). The van der Waals surface area contributed by atoms with E-state index in [1.54, 1.807) is 6.92 Å². The Hall–Kier alpha value is -1.08. The molecule has 2 N–H and O–H groups in total. The molecular formula is C10H17N3O. The van der Waals surface area contributed by atoms with E-state index in [4.69, 9.17) is 11.0 Å². The van der Waals surface area contributed by atoms with Crippen LogP contribution in [0.1, 0.15) is 32.6 Å². The van der Waals surface area contributed by atoms with Crippen LogP contribution in [-0.2, 0) is 4.79 Å². The van der Waals surface area contributed by atoms with E-state index in [2.05, 4.69) is 6.07 Å². The van der Waals surface area contributed by atoms with Gasteiger partial charge in [-0.2, -0.15) is 5.26 Å². The molecule has 0 spiro atoms. The summed E-state index contributed by atoms with van der Waals surface area (Å²) in [5.74, 6) is -0.341. The van der Waals surface area contributed by atoms with Crippen molar-refractivity contribution in [3.8, 4) is 6.07 Å². The van der Waals surface area contributed by atoms with E-state index < -0.39 is 0 Å². The molecule has 4 nitrogen and oxygen atoms in total. The summed E-state index contributed by atoms with van der Waals surface area (Å²) in [4.78, 5) is 13.0. The number of carbonyl (C=O) groups is 1. The van der Waals surface area contributed by atoms with Gasteiger partial charge >= 0.3 is 0 Å². The number of rotatable bonds is 4. The standard InChI is InChI=1S/C10H17N3O/c1-8(10(12)14)13(7-6-11)9-4-2-3-5-9/h8-9H,2-5,7H2,1H3,(H2,12,14). The fourth-order valence-electron chi connectivity index (χ4n) is 2.06. The molecule has 0 aliphatic heterocycles. The molecule has 14 heavy (non-hydrogen) atoms. The molecule has 1 aliphatic rings. The Morgan fingerprint density at radius 1 is 1.64 bits per heavy atom. The Morgan fingerprint density at radius 3 is 2.64 bits per heavy atom. The number of hydrogen-bond donors (Lipinski definition) is 1. The van der Waals surface area contributed by atoms with Gasteiger partial charge in [-0.05, 0) is 19.8 Å². The number of hydrogen-bond acceptors (Lipinski definition) is 3. The smallest absolute Gasteiger partial charge is 0.234 e. The summed E-state index contributed by atoms with van der Waals surface area (Å²) in [6, 6.07) is 2.15. The third-order valence-electron chi connectivity index (χ3n) is 2.96. The minimum atomic E-state index is -0.341. The lowest BCUT2D eigenvalue weighted by Crippen LogP contribution is -2.47. The van der Waals surface area contributed by atoms with Crippen LogP contribution in [0.4, 0.5) is 0 Å². The van der Waals surface area contributed by atoms with Gasteiger partial charge in [0, 0.05) is 6.04 Å². The Morgan fingerprint density at radius 2 is 2.21 bits per heavy atom. The van der Waals surface area contributed by atoms with E-state index in [9.17, 15) is 4.79 Å². The van der Waals surface area contributed by atoms with Crippen LogP contribution >= 0.6 is 0 Å². The van der Waals surface area contributed by atoms with Crippen molar-refractivity contribution in [2.45, 2.75) is 44.7 Å². The average Bonchev–Trinajstić information content (AvgIpc) is 2.65. The number of amides is 1. The molecule has 1 saturated carbocycles. The van der Waals surface area contributed by atoms with Crippen molar-refractivity contribution in [2.75, 3.05) is 6.54 Å². The normalized spacial score (nSPS) is 19.5. The van der Waals surface area contributed by atoms with E-state index >= 15 is 0 Å². The molecule has 1 fully saturated rings. The van der Waals surface area contributed by atoms with Crippen molar-refractivity contribution >= 4 is 5.91 Å². The SMILES string of the molecule is CC(C(N)=O)N(CC#N)C1CCCC1. The van der Waals surface area contributed by atoms with Crippen LogP contribution in [0.3, 0.4) is 0 Å². The van der Waals surface area contributed by atoms with Gasteiger partial charge in [0.1, 0.15) is 0 Å². The molecule has 1 amide bonds. The maximum absolute atomic E-state index is 11.0. The summed E-state index contributed by atoms with van der Waals surface area (Å²) in [7, 11) is 0. The molecule has 1 aliphatic carbocycles. The molecule has 0 aromatic heterocycles. The Kier molecular flexibility index (Phi) is 3.90. The highest BCUT2D eigenvalue weighted by Gasteiger charge is 2.28. The monoisotopic (exact) mass is 195 g/mol. The van der Waals surface area contributed by atoms with Crippen molar-refractivity contribution in [3.05, 3.63) is 0 Å². The Labute approximate surface area is 84.7 Å². The van der Waals surface area contributed by atoms with Crippen molar-refractivity contribution < 1.29 is 4.79 Å². The maximum atomic E-state index is 11.0. The summed E-state index contributed by atoms with van der Waals surface area (Å²) < 4.78 is 0. The fourth-order valence-corrected chi connectivity index (χ4v) is 2.06. The van der Waals surface area contributed by atoms with Gasteiger partial charge in [-0.3, -0.25) is 9.69 Å². The summed E-state index contributed by atoms with van der Waals surface area (Å²) in [5, 5.41) is 8.68. The molecule has 1 atom stereocenters. The van der Waals surface area contributed by atoms with Gasteiger partial charge in [-0.25, -0.2) is 0 Å². The first kappa shape index (κ1) is 11.0. The Bertz CT molecular complexity index is 240. The topological polar surface area (TPSA) is 70.1 Å². The van der Waals surface area contributed by atoms with Crippen molar-refractivity contribution in [1.29, 1.82) is 5.26 Å². The average molecular weight is 195 g/mol. The number of nitrogens with zero attached hydrogens (tertiary/aromatic N) is 2. The number of nitriles is 1. The van der Waals surface area contributed by atoms with Crippen molar-refractivity contribution in [2.24, 2.45) is 5.73 Å². The van der Waals surface area contributed by atoms with Gasteiger partial charge in [0.2, 0.25) is 5.91 Å². The highest BCUT2D eigenvalue weighted by atomic mass is 16.1. The van der Waals surface area contributed by atoms with Gasteiger partial charge in [0.15, 0.2) is 0 Å². The largest absolute Gasteiger partial charge is 0.368 e. The van der Waals surface area contributed by atoms with Crippen LogP contribution in [0.25, 0.3) is 0 Å². The summed E-state index contributed by atoms with van der Waals surface area (Å²) >= 11 is 0. The summed E-state index contributed by atoms with van der Waals surface area (Å²) in [5.41, 5.74) is 5.24. The predicted octanol–water partition coefficient (Wildman–Crippen LogP) is 0.628. The van der Waals surface area contributed by atoms with E-state index in [1.165, 1.54) is 12.8 Å². The third-order valence-corrected chi connectivity index (χ3v) is 2.96. The molecular weight excluding hydrogens is 178 g/mol. The van der Waals surface area contributed by atoms with Crippen LogP contribution in [0.15, 0.2) is 0 Å². The van der Waals surface area contributed by atoms with Crippen LogP contribution in [0.5, 0.6) is 0 Å². The van der Waals surface area contributed by atoms with E-state index in [0.717, 1.165) is 12.8 Å². The van der Waals surface area contributed by atoms with Crippen molar-refractivity contribution in [3.63, 3.8) is 0 Å². The molecule has 1 unspecified atom stereocenters. The zero-order chi connectivity index (χ0) is 10.6. The van der Waals surface area contributed by atoms with Crippen LogP contribution < -0.4 is 5.73 Å². The molecule has 0 saturated heterocycles. The summed E-state index contributed by atoms with van der Waals surface area (Å²) in [6.45, 7) is 2.08. The summed E-state index contributed by atoms with van der Waals surface area (Å²) in [6.07, 6.45) is 4.55. The van der Waals surface area contributed by atoms with Crippen LogP contribution in [0, 0.1) is 11.3 Å². The first-order chi connectivity index (χ1) is 6.66. The highest BCUT2D eigenvalue weighted by molar-refractivity contribution is 5.79. The van der Waals surface area contributed by atoms with E-state index in [0.29, 0.717) is 12.6 Å². The first-order valence-corrected chi connectivity index (χ1v) is 5.09. The molecule has 4 heteroatoms. The lowest BCUT2D eigenvalue weighted by atomic mass is 10.1. The van der Waals surface area contributed by atoms with E-state index in [1.807, 2.05) is 4.90 Å². The molecule has 0 radical (unpaired) electrons. The molecule has 78 valence electrons. The van der Waals surface area contributed by atoms with Crippen LogP contribution in [0.2, 0.25) is 0 Å². The number of primary amides is 1. The van der Waals surface area contributed by atoms with Gasteiger partial charge < -0.3 is 5.73 Å². The second kappa shape index (κ2) is 4.97. The molecule has 0 aromatic carbocycles. The third kappa shape index (κ3) is 2.46. The highest BCUT2D eigenvalue weighted by Crippen LogP contribution is 2.24. The minimum absolute atomic E-state index is 0.300. The molecule has 0 bridgehead atoms. The first-order valence-electron chi connectivity index (χ1n) is 5.09. The lowest BCUT2D eigenvalue weighted by molar-refractivity contribution is -0.123. The molecule has 0 aromatic rings. The number of nitrogens with two attached hydrogens (primary N) is 1. The molecule has 0 heterocycles. The second-order valence-corrected chi connectivity index (χ2v) is 3.85. The zero-order valence-electron chi connectivity index (χ0n) is 8.57. The predicted molar refractivity (Wildman–Crippen MR) is 53.2 cm³/mol. The van der Waals surface area contributed by atoms with Gasteiger partial charge in [0.25, 0.3) is 0 Å². The minimum Gasteiger partial charge on any atom is -0.368 e. The van der Waals surface area contributed by atoms with Gasteiger partial charge in [-0.1, -0.05) is 12.8 Å². The number of carbonyl (C=O) groups excluding carboxylic acids is 1. The quantitative estimate of drug-likeness (QED) is 0.669. The second-order valence-electron chi connectivity index (χ2n) is 3.85. The maximum Gasteiger partial charge on any atom is 0.234 e. The van der Waals surface area contributed by atoms with Crippen molar-refractivity contribution in [1.82, 2.24) is 4.90 Å². The Balaban J connectivity index is 2.62. The zero-order valence-corrected chi connectivity index (χ0v) is 8.57. The van der Waals surface area contributed by atoms with Gasteiger partial charge in [-0.15, -0.1) is 0 Å².